The van der Waals surface area contributed by atoms with Crippen molar-refractivity contribution >= 4 is 33.5 Å². The van der Waals surface area contributed by atoms with Gasteiger partial charge < -0.3 is 4.74 Å². The Bertz CT molecular complexity index is 441. The predicted molar refractivity (Wildman–Crippen MR) is 73.1 cm³/mol. The van der Waals surface area contributed by atoms with Gasteiger partial charge >= 0.3 is 0 Å². The maximum Gasteiger partial charge on any atom is 0.181 e. The fourth-order valence-corrected chi connectivity index (χ4v) is 2.90. The van der Waals surface area contributed by atoms with E-state index in [2.05, 4.69) is 22.9 Å². The van der Waals surface area contributed by atoms with Gasteiger partial charge in [-0.05, 0) is 42.8 Å². The molecule has 1 heterocycles. The summed E-state index contributed by atoms with van der Waals surface area (Å²) in [6.45, 7) is 2.24. The minimum absolute atomic E-state index is 0.0329. The van der Waals surface area contributed by atoms with Crippen molar-refractivity contribution in [2.75, 3.05) is 6.61 Å². The van der Waals surface area contributed by atoms with Gasteiger partial charge in [-0.2, -0.15) is 0 Å². The van der Waals surface area contributed by atoms with Crippen LogP contribution in [0.3, 0.4) is 0 Å². The molecule has 0 saturated carbocycles. The van der Waals surface area contributed by atoms with E-state index in [9.17, 15) is 4.79 Å². The highest BCUT2D eigenvalue weighted by molar-refractivity contribution is 9.10. The zero-order valence-corrected chi connectivity index (χ0v) is 11.9. The lowest BCUT2D eigenvalue weighted by atomic mass is 10.2. The van der Waals surface area contributed by atoms with E-state index in [-0.39, 0.29) is 12.4 Å². The second-order valence-corrected chi connectivity index (χ2v) is 6.09. The molecule has 1 aromatic rings. The second kappa shape index (κ2) is 5.38. The number of carbonyl (C=O) groups excluding carboxylic acids is 1. The Hall–Kier alpha value is -0.580. The number of thioether (sulfide) groups is 1. The number of ketones is 1. The van der Waals surface area contributed by atoms with Crippen LogP contribution < -0.4 is 0 Å². The highest BCUT2D eigenvalue weighted by Gasteiger charge is 2.31. The Morgan fingerprint density at radius 2 is 2.12 bits per heavy atom. The molecular weight excluding hydrogens is 300 g/mol. The molecule has 0 unspecified atom stereocenters. The van der Waals surface area contributed by atoms with Crippen molar-refractivity contribution < 1.29 is 9.53 Å². The Labute approximate surface area is 114 Å². The summed E-state index contributed by atoms with van der Waals surface area (Å²) in [7, 11) is 0. The fourth-order valence-electron chi connectivity index (χ4n) is 1.57. The van der Waals surface area contributed by atoms with Gasteiger partial charge in [-0.25, -0.2) is 0 Å². The molecular formula is C13H13BrO2S. The van der Waals surface area contributed by atoms with Crippen LogP contribution in [0.4, 0.5) is 0 Å². The Morgan fingerprint density at radius 3 is 2.65 bits per heavy atom. The summed E-state index contributed by atoms with van der Waals surface area (Å²) in [4.78, 5) is 11.9. The van der Waals surface area contributed by atoms with Crippen LogP contribution in [0.2, 0.25) is 0 Å². The average Bonchev–Trinajstić information content (AvgIpc) is 2.35. The van der Waals surface area contributed by atoms with Crippen LogP contribution in [0.5, 0.6) is 0 Å². The molecule has 1 aliphatic rings. The van der Waals surface area contributed by atoms with Gasteiger partial charge in [0, 0.05) is 9.37 Å². The number of benzene rings is 1. The SMILES string of the molecule is CC[C@@]1(Sc2ccc(Br)cc2)C=CC(=O)CO1. The number of ether oxygens (including phenoxy) is 1. The molecule has 0 amide bonds. The standard InChI is InChI=1S/C13H13BrO2S/c1-2-13(8-7-11(15)9-16-13)17-12-5-3-10(14)4-6-12/h3-8H,2,9H2,1H3/t13-/m1/s1. The van der Waals surface area contributed by atoms with Gasteiger partial charge in [0.05, 0.1) is 0 Å². The summed E-state index contributed by atoms with van der Waals surface area (Å²) in [5, 5.41) is 0. The van der Waals surface area contributed by atoms with E-state index >= 15 is 0 Å². The molecule has 0 N–H and O–H groups in total. The zero-order valence-electron chi connectivity index (χ0n) is 9.48. The number of carbonyl (C=O) groups is 1. The summed E-state index contributed by atoms with van der Waals surface area (Å²) in [6.07, 6.45) is 4.32. The topological polar surface area (TPSA) is 26.3 Å². The van der Waals surface area contributed by atoms with Gasteiger partial charge in [0.2, 0.25) is 0 Å². The molecule has 0 spiro atoms. The highest BCUT2D eigenvalue weighted by atomic mass is 79.9. The first kappa shape index (κ1) is 12.9. The van der Waals surface area contributed by atoms with Gasteiger partial charge in [0.1, 0.15) is 11.5 Å². The first-order valence-corrected chi connectivity index (χ1v) is 7.05. The van der Waals surface area contributed by atoms with Crippen LogP contribution in [-0.4, -0.2) is 17.3 Å². The maximum absolute atomic E-state index is 11.1. The Kier molecular flexibility index (Phi) is 4.07. The molecule has 1 atom stereocenters. The summed E-state index contributed by atoms with van der Waals surface area (Å²) < 4.78 is 6.73. The Balaban J connectivity index is 2.17. The van der Waals surface area contributed by atoms with Crippen LogP contribution in [0.1, 0.15) is 13.3 Å². The lowest BCUT2D eigenvalue weighted by Crippen LogP contribution is -2.31. The largest absolute Gasteiger partial charge is 0.352 e. The van der Waals surface area contributed by atoms with Crippen molar-refractivity contribution in [1.29, 1.82) is 0 Å². The molecule has 0 aliphatic carbocycles. The maximum atomic E-state index is 11.1. The van der Waals surface area contributed by atoms with Gasteiger partial charge in [-0.15, -0.1) is 0 Å². The molecule has 0 fully saturated rings. The van der Waals surface area contributed by atoms with Gasteiger partial charge in [-0.1, -0.05) is 34.6 Å². The van der Waals surface area contributed by atoms with E-state index in [0.717, 1.165) is 15.8 Å². The normalized spacial score (nSPS) is 24.0. The highest BCUT2D eigenvalue weighted by Crippen LogP contribution is 2.39. The first-order chi connectivity index (χ1) is 8.13. The third kappa shape index (κ3) is 3.21. The van der Waals surface area contributed by atoms with E-state index in [4.69, 9.17) is 4.74 Å². The van der Waals surface area contributed by atoms with Crippen LogP contribution in [0.15, 0.2) is 45.8 Å². The van der Waals surface area contributed by atoms with E-state index < -0.39 is 4.93 Å². The third-order valence-electron chi connectivity index (χ3n) is 2.58. The lowest BCUT2D eigenvalue weighted by molar-refractivity contribution is -0.122. The number of hydrogen-bond donors (Lipinski definition) is 0. The van der Waals surface area contributed by atoms with Crippen molar-refractivity contribution in [3.63, 3.8) is 0 Å². The molecule has 4 heteroatoms. The minimum Gasteiger partial charge on any atom is -0.352 e. The van der Waals surface area contributed by atoms with E-state index in [1.807, 2.05) is 30.3 Å². The average molecular weight is 313 g/mol. The van der Waals surface area contributed by atoms with Crippen LogP contribution in [0, 0.1) is 0 Å². The van der Waals surface area contributed by atoms with Crippen molar-refractivity contribution in [3.8, 4) is 0 Å². The van der Waals surface area contributed by atoms with Crippen molar-refractivity contribution in [2.45, 2.75) is 23.2 Å². The molecule has 2 nitrogen and oxygen atoms in total. The number of hydrogen-bond acceptors (Lipinski definition) is 3. The first-order valence-electron chi connectivity index (χ1n) is 5.44. The molecule has 90 valence electrons. The molecule has 0 radical (unpaired) electrons. The number of rotatable bonds is 3. The van der Waals surface area contributed by atoms with Crippen molar-refractivity contribution in [2.24, 2.45) is 0 Å². The van der Waals surface area contributed by atoms with Crippen LogP contribution in [0.25, 0.3) is 0 Å². The summed E-state index contributed by atoms with van der Waals surface area (Å²) in [6, 6.07) is 8.09. The molecule has 1 aromatic carbocycles. The quantitative estimate of drug-likeness (QED) is 0.849. The van der Waals surface area contributed by atoms with Gasteiger partial charge in [-0.3, -0.25) is 4.79 Å². The second-order valence-electron chi connectivity index (χ2n) is 3.81. The summed E-state index contributed by atoms with van der Waals surface area (Å²) in [5.41, 5.74) is 0. The van der Waals surface area contributed by atoms with E-state index in [1.165, 1.54) is 0 Å². The Morgan fingerprint density at radius 1 is 1.41 bits per heavy atom. The van der Waals surface area contributed by atoms with Crippen LogP contribution in [-0.2, 0) is 9.53 Å². The lowest BCUT2D eigenvalue weighted by Gasteiger charge is -2.31. The molecule has 0 saturated heterocycles. The third-order valence-corrected chi connectivity index (χ3v) is 4.50. The summed E-state index contributed by atoms with van der Waals surface area (Å²) in [5.74, 6) is 0.0329. The molecule has 1 aliphatic heterocycles. The van der Waals surface area contributed by atoms with Crippen LogP contribution >= 0.6 is 27.7 Å². The predicted octanol–water partition coefficient (Wildman–Crippen LogP) is 3.80. The minimum atomic E-state index is -0.401. The fraction of sp³-hybridized carbons (Fsp3) is 0.308. The monoisotopic (exact) mass is 312 g/mol. The number of halogens is 1. The van der Waals surface area contributed by atoms with Crippen molar-refractivity contribution in [1.82, 2.24) is 0 Å². The zero-order chi connectivity index (χ0) is 12.3. The van der Waals surface area contributed by atoms with E-state index in [1.54, 1.807) is 17.8 Å². The van der Waals surface area contributed by atoms with E-state index in [0.29, 0.717) is 0 Å². The molecule has 0 aromatic heterocycles. The summed E-state index contributed by atoms with van der Waals surface area (Å²) >= 11 is 5.05. The van der Waals surface area contributed by atoms with Crippen molar-refractivity contribution in [3.05, 3.63) is 40.9 Å². The molecule has 2 rings (SSSR count). The van der Waals surface area contributed by atoms with Gasteiger partial charge in [0.25, 0.3) is 0 Å². The molecule has 0 bridgehead atoms. The smallest absolute Gasteiger partial charge is 0.181 e. The molecule has 17 heavy (non-hydrogen) atoms. The van der Waals surface area contributed by atoms with Gasteiger partial charge in [0.15, 0.2) is 5.78 Å².